The zero-order valence-corrected chi connectivity index (χ0v) is 14.1. The molecule has 1 aromatic heterocycles. The van der Waals surface area contributed by atoms with E-state index in [1.807, 2.05) is 46.8 Å². The van der Waals surface area contributed by atoms with Gasteiger partial charge in [0.1, 0.15) is 6.04 Å². The number of halogens is 1. The molecule has 5 heteroatoms. The van der Waals surface area contributed by atoms with E-state index >= 15 is 0 Å². The molecule has 1 aromatic carbocycles. The maximum absolute atomic E-state index is 10.8. The average molecular weight is 313 g/mol. The Morgan fingerprint density at radius 3 is 2.43 bits per heavy atom. The van der Waals surface area contributed by atoms with E-state index in [1.165, 1.54) is 0 Å². The normalized spacial score (nSPS) is 11.0. The predicted octanol–water partition coefficient (Wildman–Crippen LogP) is 4.14. The Bertz CT molecular complexity index is 579. The number of nitrogens with one attached hydrogen (secondary N) is 1. The first kappa shape index (κ1) is 19.5. The summed E-state index contributed by atoms with van der Waals surface area (Å²) in [5, 5.41) is 10.5. The summed E-state index contributed by atoms with van der Waals surface area (Å²) >= 11 is 5.90. The van der Waals surface area contributed by atoms with Gasteiger partial charge in [-0.05, 0) is 24.6 Å². The van der Waals surface area contributed by atoms with Crippen molar-refractivity contribution in [2.45, 2.75) is 47.1 Å². The van der Waals surface area contributed by atoms with E-state index in [4.69, 9.17) is 22.4 Å². The highest BCUT2D eigenvalue weighted by Crippen LogP contribution is 2.25. The highest BCUT2D eigenvalue weighted by Gasteiger charge is 2.17. The Hall–Kier alpha value is -1.52. The molecule has 4 N–H and O–H groups in total. The van der Waals surface area contributed by atoms with Crippen LogP contribution in [0.2, 0.25) is 5.02 Å². The molecule has 0 spiro atoms. The standard InChI is InChI=1S/C12H13ClN2O2.2C2H6/c1-6-9(5-10(14)12(16)17)8-3-2-7(13)4-11(8)15-6;2*1-2/h2-4,10,15H,5,14H2,1H3,(H,16,17);2*1-2H3. The van der Waals surface area contributed by atoms with Crippen LogP contribution in [0.3, 0.4) is 0 Å². The van der Waals surface area contributed by atoms with E-state index in [0.29, 0.717) is 11.4 Å². The number of aryl methyl sites for hydroxylation is 1. The van der Waals surface area contributed by atoms with Crippen molar-refractivity contribution in [3.63, 3.8) is 0 Å². The molecule has 0 aliphatic carbocycles. The van der Waals surface area contributed by atoms with Crippen molar-refractivity contribution in [2.75, 3.05) is 0 Å². The summed E-state index contributed by atoms with van der Waals surface area (Å²) in [5.41, 5.74) is 8.33. The van der Waals surface area contributed by atoms with Crippen LogP contribution in [0.5, 0.6) is 0 Å². The molecule has 0 fully saturated rings. The van der Waals surface area contributed by atoms with Gasteiger partial charge in [0.2, 0.25) is 0 Å². The van der Waals surface area contributed by atoms with Crippen LogP contribution in [0, 0.1) is 6.92 Å². The highest BCUT2D eigenvalue weighted by molar-refractivity contribution is 6.31. The van der Waals surface area contributed by atoms with Crippen molar-refractivity contribution in [3.8, 4) is 0 Å². The minimum absolute atomic E-state index is 0.308. The van der Waals surface area contributed by atoms with Gasteiger partial charge < -0.3 is 15.8 Å². The van der Waals surface area contributed by atoms with E-state index in [9.17, 15) is 4.79 Å². The van der Waals surface area contributed by atoms with Crippen LogP contribution in [0.25, 0.3) is 10.9 Å². The summed E-state index contributed by atoms with van der Waals surface area (Å²) in [7, 11) is 0. The fourth-order valence-electron chi connectivity index (χ4n) is 1.93. The van der Waals surface area contributed by atoms with Crippen molar-refractivity contribution >= 4 is 28.5 Å². The Morgan fingerprint density at radius 1 is 1.33 bits per heavy atom. The lowest BCUT2D eigenvalue weighted by Gasteiger charge is -2.06. The van der Waals surface area contributed by atoms with Crippen molar-refractivity contribution in [1.29, 1.82) is 0 Å². The van der Waals surface area contributed by atoms with Crippen molar-refractivity contribution < 1.29 is 9.90 Å². The summed E-state index contributed by atoms with van der Waals surface area (Å²) in [5.74, 6) is -0.993. The molecule has 0 bridgehead atoms. The molecule has 0 saturated heterocycles. The summed E-state index contributed by atoms with van der Waals surface area (Å²) in [4.78, 5) is 13.9. The third kappa shape index (κ3) is 5.06. The molecule has 1 atom stereocenters. The van der Waals surface area contributed by atoms with Gasteiger partial charge in [-0.15, -0.1) is 0 Å². The fourth-order valence-corrected chi connectivity index (χ4v) is 2.10. The lowest BCUT2D eigenvalue weighted by Crippen LogP contribution is -2.32. The third-order valence-corrected chi connectivity index (χ3v) is 3.06. The number of hydrogen-bond donors (Lipinski definition) is 3. The van der Waals surface area contributed by atoms with Gasteiger partial charge in [-0.3, -0.25) is 4.79 Å². The second kappa shape index (κ2) is 9.42. The number of rotatable bonds is 3. The van der Waals surface area contributed by atoms with Crippen LogP contribution in [0.4, 0.5) is 0 Å². The third-order valence-electron chi connectivity index (χ3n) is 2.82. The van der Waals surface area contributed by atoms with Crippen LogP contribution >= 0.6 is 11.6 Å². The first-order valence-corrected chi connectivity index (χ1v) is 7.62. The molecule has 21 heavy (non-hydrogen) atoms. The second-order valence-corrected chi connectivity index (χ2v) is 4.50. The molecule has 118 valence electrons. The molecule has 0 aliphatic rings. The largest absolute Gasteiger partial charge is 0.480 e. The van der Waals surface area contributed by atoms with Gasteiger partial charge in [0.25, 0.3) is 0 Å². The van der Waals surface area contributed by atoms with Crippen molar-refractivity contribution in [1.82, 2.24) is 4.98 Å². The van der Waals surface area contributed by atoms with Gasteiger partial charge in [-0.1, -0.05) is 45.4 Å². The zero-order chi connectivity index (χ0) is 16.6. The van der Waals surface area contributed by atoms with Crippen molar-refractivity contribution in [3.05, 3.63) is 34.5 Å². The lowest BCUT2D eigenvalue weighted by atomic mass is 10.0. The maximum Gasteiger partial charge on any atom is 0.320 e. The number of nitrogens with two attached hydrogens (primary N) is 1. The quantitative estimate of drug-likeness (QED) is 0.797. The number of aliphatic carboxylic acids is 1. The molecule has 0 saturated carbocycles. The smallest absolute Gasteiger partial charge is 0.320 e. The molecule has 0 aliphatic heterocycles. The number of carbonyl (C=O) groups is 1. The molecule has 4 nitrogen and oxygen atoms in total. The number of aromatic amines is 1. The fraction of sp³-hybridized carbons (Fsp3) is 0.438. The molecule has 0 radical (unpaired) electrons. The summed E-state index contributed by atoms with van der Waals surface area (Å²) in [6.07, 6.45) is 0.308. The van der Waals surface area contributed by atoms with Gasteiger partial charge >= 0.3 is 5.97 Å². The summed E-state index contributed by atoms with van der Waals surface area (Å²) < 4.78 is 0. The SMILES string of the molecule is CC.CC.Cc1[nH]c2cc(Cl)ccc2c1CC(N)C(=O)O. The summed E-state index contributed by atoms with van der Waals surface area (Å²) in [6, 6.07) is 4.60. The van der Waals surface area contributed by atoms with E-state index in [2.05, 4.69) is 4.98 Å². The van der Waals surface area contributed by atoms with Gasteiger partial charge in [-0.25, -0.2) is 0 Å². The molecule has 2 aromatic rings. The monoisotopic (exact) mass is 312 g/mol. The predicted molar refractivity (Wildman–Crippen MR) is 90.1 cm³/mol. The first-order chi connectivity index (χ1) is 9.99. The van der Waals surface area contributed by atoms with Gasteiger partial charge in [0.05, 0.1) is 0 Å². The topological polar surface area (TPSA) is 79.1 Å². The average Bonchev–Trinajstić information content (AvgIpc) is 2.78. The number of carboxylic acid groups (broad SMARTS) is 1. The Balaban J connectivity index is 0.000000921. The van der Waals surface area contributed by atoms with Crippen LogP contribution < -0.4 is 5.73 Å². The molecule has 1 heterocycles. The molecular formula is C16H25ClN2O2. The maximum atomic E-state index is 10.8. The molecule has 2 rings (SSSR count). The number of fused-ring (bicyclic) bond motifs is 1. The Kier molecular flexibility index (Phi) is 8.74. The Morgan fingerprint density at radius 2 is 1.90 bits per heavy atom. The zero-order valence-electron chi connectivity index (χ0n) is 13.3. The molecular weight excluding hydrogens is 288 g/mol. The molecule has 1 unspecified atom stereocenters. The minimum Gasteiger partial charge on any atom is -0.480 e. The highest BCUT2D eigenvalue weighted by atomic mass is 35.5. The minimum atomic E-state index is -0.993. The van der Waals surface area contributed by atoms with Crippen LogP contribution in [0.1, 0.15) is 39.0 Å². The summed E-state index contributed by atoms with van der Waals surface area (Å²) in [6.45, 7) is 9.90. The Labute approximate surface area is 131 Å². The van der Waals surface area contributed by atoms with E-state index in [-0.39, 0.29) is 0 Å². The van der Waals surface area contributed by atoms with Crippen LogP contribution in [-0.2, 0) is 11.2 Å². The lowest BCUT2D eigenvalue weighted by molar-refractivity contribution is -0.138. The van der Waals surface area contributed by atoms with E-state index in [0.717, 1.165) is 22.2 Å². The number of H-pyrrole nitrogens is 1. The van der Waals surface area contributed by atoms with Gasteiger partial charge in [0.15, 0.2) is 0 Å². The van der Waals surface area contributed by atoms with E-state index < -0.39 is 12.0 Å². The van der Waals surface area contributed by atoms with Crippen LogP contribution in [0.15, 0.2) is 18.2 Å². The first-order valence-electron chi connectivity index (χ1n) is 7.24. The van der Waals surface area contributed by atoms with Crippen molar-refractivity contribution in [2.24, 2.45) is 5.73 Å². The van der Waals surface area contributed by atoms with Crippen LogP contribution in [-0.4, -0.2) is 22.1 Å². The number of benzene rings is 1. The number of carboxylic acids is 1. The van der Waals surface area contributed by atoms with E-state index in [1.54, 1.807) is 6.07 Å². The van der Waals surface area contributed by atoms with Gasteiger partial charge in [-0.2, -0.15) is 0 Å². The van der Waals surface area contributed by atoms with Gasteiger partial charge in [0, 0.05) is 28.0 Å². The second-order valence-electron chi connectivity index (χ2n) is 4.07. The number of hydrogen-bond acceptors (Lipinski definition) is 2. The number of aromatic nitrogens is 1. The molecule has 0 amide bonds.